The van der Waals surface area contributed by atoms with Gasteiger partial charge in [0.2, 0.25) is 21.8 Å². The monoisotopic (exact) mass is 585 g/mol. The van der Waals surface area contributed by atoms with Crippen LogP contribution in [0.5, 0.6) is 5.75 Å². The predicted molar refractivity (Wildman–Crippen MR) is 159 cm³/mol. The second kappa shape index (κ2) is 13.2. The molecule has 214 valence electrons. The number of hydrogen-bond acceptors (Lipinski definition) is 5. The van der Waals surface area contributed by atoms with Crippen LogP contribution in [-0.2, 0) is 32.8 Å². The van der Waals surface area contributed by atoms with E-state index in [0.717, 1.165) is 16.1 Å². The van der Waals surface area contributed by atoms with Gasteiger partial charge in [0.25, 0.3) is 0 Å². The molecule has 0 spiro atoms. The van der Waals surface area contributed by atoms with Gasteiger partial charge in [-0.2, -0.15) is 0 Å². The molecule has 1 unspecified atom stereocenters. The van der Waals surface area contributed by atoms with Crippen molar-refractivity contribution in [3.63, 3.8) is 0 Å². The summed E-state index contributed by atoms with van der Waals surface area (Å²) >= 11 is 6.36. The minimum absolute atomic E-state index is 0.0289. The standard InChI is InChI=1S/C30H36ClN3O5S/c1-22(29(36)32-30(2,3)4)33(19-24-13-9-10-14-27(24)31)28(35)20-34(40(5,37)38)25-15-17-26(18-16-25)39-21-23-11-7-6-8-12-23/h6-18,22H,19-21H2,1-5H3,(H,32,36). The largest absolute Gasteiger partial charge is 0.489 e. The highest BCUT2D eigenvalue weighted by molar-refractivity contribution is 7.92. The van der Waals surface area contributed by atoms with Crippen LogP contribution in [0.3, 0.4) is 0 Å². The van der Waals surface area contributed by atoms with Crippen molar-refractivity contribution in [1.29, 1.82) is 0 Å². The molecule has 0 saturated carbocycles. The van der Waals surface area contributed by atoms with E-state index in [1.54, 1.807) is 55.5 Å². The summed E-state index contributed by atoms with van der Waals surface area (Å²) in [6.45, 7) is 7.03. The number of amides is 2. The molecule has 0 fully saturated rings. The number of nitrogens with zero attached hydrogens (tertiary/aromatic N) is 2. The second-order valence-corrected chi connectivity index (χ2v) is 12.9. The number of hydrogen-bond donors (Lipinski definition) is 1. The number of ether oxygens (including phenoxy) is 1. The van der Waals surface area contributed by atoms with E-state index in [1.807, 2.05) is 51.1 Å². The first-order valence-electron chi connectivity index (χ1n) is 12.8. The molecule has 3 aromatic carbocycles. The van der Waals surface area contributed by atoms with E-state index in [-0.39, 0.29) is 12.5 Å². The van der Waals surface area contributed by atoms with Crippen LogP contribution in [0.15, 0.2) is 78.9 Å². The van der Waals surface area contributed by atoms with Crippen molar-refractivity contribution >= 4 is 39.1 Å². The van der Waals surface area contributed by atoms with Gasteiger partial charge < -0.3 is 15.0 Å². The first-order valence-corrected chi connectivity index (χ1v) is 15.1. The van der Waals surface area contributed by atoms with Crippen LogP contribution >= 0.6 is 11.6 Å². The van der Waals surface area contributed by atoms with Crippen molar-refractivity contribution in [2.45, 2.75) is 52.4 Å². The maximum absolute atomic E-state index is 13.7. The Balaban J connectivity index is 1.84. The van der Waals surface area contributed by atoms with E-state index in [1.165, 1.54) is 4.90 Å². The molecule has 0 saturated heterocycles. The van der Waals surface area contributed by atoms with E-state index in [0.29, 0.717) is 28.6 Å². The lowest BCUT2D eigenvalue weighted by atomic mass is 10.1. The molecule has 0 aromatic heterocycles. The zero-order valence-corrected chi connectivity index (χ0v) is 25.0. The van der Waals surface area contributed by atoms with Crippen molar-refractivity contribution in [2.75, 3.05) is 17.1 Å². The number of benzene rings is 3. The molecule has 0 heterocycles. The van der Waals surface area contributed by atoms with Gasteiger partial charge in [0, 0.05) is 17.1 Å². The molecular formula is C30H36ClN3O5S. The zero-order chi connectivity index (χ0) is 29.5. The van der Waals surface area contributed by atoms with Gasteiger partial charge in [-0.15, -0.1) is 0 Å². The molecule has 0 aliphatic rings. The third-order valence-electron chi connectivity index (χ3n) is 6.02. The predicted octanol–water partition coefficient (Wildman–Crippen LogP) is 5.02. The smallest absolute Gasteiger partial charge is 0.244 e. The summed E-state index contributed by atoms with van der Waals surface area (Å²) in [6.07, 6.45) is 1.04. The average Bonchev–Trinajstić information content (AvgIpc) is 2.89. The Hall–Kier alpha value is -3.56. The summed E-state index contributed by atoms with van der Waals surface area (Å²) < 4.78 is 32.5. The summed E-state index contributed by atoms with van der Waals surface area (Å²) in [7, 11) is -3.85. The molecular weight excluding hydrogens is 550 g/mol. The number of nitrogens with one attached hydrogen (secondary N) is 1. The maximum atomic E-state index is 13.7. The summed E-state index contributed by atoms with van der Waals surface area (Å²) in [5.41, 5.74) is 1.41. The van der Waals surface area contributed by atoms with E-state index < -0.39 is 34.1 Å². The average molecular weight is 586 g/mol. The van der Waals surface area contributed by atoms with Crippen molar-refractivity contribution in [3.05, 3.63) is 95.0 Å². The van der Waals surface area contributed by atoms with Gasteiger partial charge in [-0.1, -0.05) is 60.1 Å². The molecule has 8 nitrogen and oxygen atoms in total. The second-order valence-electron chi connectivity index (χ2n) is 10.6. The van der Waals surface area contributed by atoms with Crippen LogP contribution in [0.2, 0.25) is 5.02 Å². The third-order valence-corrected chi connectivity index (χ3v) is 7.53. The van der Waals surface area contributed by atoms with Gasteiger partial charge in [0.05, 0.1) is 11.9 Å². The molecule has 1 N–H and O–H groups in total. The first-order chi connectivity index (χ1) is 18.7. The minimum atomic E-state index is -3.85. The lowest BCUT2D eigenvalue weighted by Crippen LogP contribution is -2.54. The molecule has 0 aliphatic carbocycles. The first kappa shape index (κ1) is 31.0. The van der Waals surface area contributed by atoms with E-state index in [9.17, 15) is 18.0 Å². The Labute approximate surface area is 241 Å². The molecule has 40 heavy (non-hydrogen) atoms. The van der Waals surface area contributed by atoms with Gasteiger partial charge in [0.15, 0.2) is 0 Å². The van der Waals surface area contributed by atoms with E-state index in [4.69, 9.17) is 16.3 Å². The van der Waals surface area contributed by atoms with Gasteiger partial charge in [-0.3, -0.25) is 13.9 Å². The van der Waals surface area contributed by atoms with Gasteiger partial charge in [-0.05, 0) is 69.2 Å². The number of carbonyl (C=O) groups excluding carboxylic acids is 2. The van der Waals surface area contributed by atoms with Crippen LogP contribution < -0.4 is 14.4 Å². The fourth-order valence-corrected chi connectivity index (χ4v) is 4.98. The van der Waals surface area contributed by atoms with E-state index in [2.05, 4.69) is 5.32 Å². The fraction of sp³-hybridized carbons (Fsp3) is 0.333. The number of anilines is 1. The molecule has 10 heteroatoms. The van der Waals surface area contributed by atoms with Crippen molar-refractivity contribution < 1.29 is 22.7 Å². The van der Waals surface area contributed by atoms with Crippen LogP contribution in [0.1, 0.15) is 38.8 Å². The van der Waals surface area contributed by atoms with Crippen molar-refractivity contribution in [1.82, 2.24) is 10.2 Å². The van der Waals surface area contributed by atoms with Crippen molar-refractivity contribution in [2.24, 2.45) is 0 Å². The molecule has 0 aliphatic heterocycles. The third kappa shape index (κ3) is 8.99. The number of carbonyl (C=O) groups is 2. The summed E-state index contributed by atoms with van der Waals surface area (Å²) in [5, 5.41) is 3.33. The quantitative estimate of drug-likeness (QED) is 0.341. The highest BCUT2D eigenvalue weighted by Gasteiger charge is 2.31. The van der Waals surface area contributed by atoms with Crippen LogP contribution in [0.25, 0.3) is 0 Å². The highest BCUT2D eigenvalue weighted by Crippen LogP contribution is 2.24. The fourth-order valence-electron chi connectivity index (χ4n) is 3.93. The molecule has 3 rings (SSSR count). The maximum Gasteiger partial charge on any atom is 0.244 e. The minimum Gasteiger partial charge on any atom is -0.489 e. The van der Waals surface area contributed by atoms with Gasteiger partial charge in [-0.25, -0.2) is 8.42 Å². The molecule has 0 radical (unpaired) electrons. The number of halogens is 1. The van der Waals surface area contributed by atoms with Crippen molar-refractivity contribution in [3.8, 4) is 5.75 Å². The van der Waals surface area contributed by atoms with Crippen LogP contribution in [0, 0.1) is 0 Å². The van der Waals surface area contributed by atoms with Crippen LogP contribution in [0.4, 0.5) is 5.69 Å². The molecule has 3 aromatic rings. The van der Waals surface area contributed by atoms with E-state index >= 15 is 0 Å². The van der Waals surface area contributed by atoms with Gasteiger partial charge >= 0.3 is 0 Å². The Bertz CT molecular complexity index is 1410. The lowest BCUT2D eigenvalue weighted by Gasteiger charge is -2.33. The SMILES string of the molecule is CC(C(=O)NC(C)(C)C)N(Cc1ccccc1Cl)C(=O)CN(c1ccc(OCc2ccccc2)cc1)S(C)(=O)=O. The van der Waals surface area contributed by atoms with Crippen LogP contribution in [-0.4, -0.2) is 49.5 Å². The zero-order valence-electron chi connectivity index (χ0n) is 23.4. The molecule has 0 bridgehead atoms. The Morgan fingerprint density at radius 2 is 1.55 bits per heavy atom. The van der Waals surface area contributed by atoms with Gasteiger partial charge in [0.1, 0.15) is 24.9 Å². The Morgan fingerprint density at radius 3 is 2.12 bits per heavy atom. The topological polar surface area (TPSA) is 96.0 Å². The summed E-state index contributed by atoms with van der Waals surface area (Å²) in [6, 6.07) is 22.3. The molecule has 2 amide bonds. The number of sulfonamides is 1. The summed E-state index contributed by atoms with van der Waals surface area (Å²) in [4.78, 5) is 28.1. The Morgan fingerprint density at radius 1 is 0.950 bits per heavy atom. The Kier molecular flexibility index (Phi) is 10.2. The highest BCUT2D eigenvalue weighted by atomic mass is 35.5. The summed E-state index contributed by atoms with van der Waals surface area (Å²) in [5.74, 6) is -0.356. The normalized spacial score (nSPS) is 12.3. The lowest BCUT2D eigenvalue weighted by molar-refractivity contribution is -0.140. The number of rotatable bonds is 11. The molecule has 1 atom stereocenters.